The van der Waals surface area contributed by atoms with Gasteiger partial charge >= 0.3 is 0 Å². The summed E-state index contributed by atoms with van der Waals surface area (Å²) in [5.41, 5.74) is 8.29. The molecule has 0 bridgehead atoms. The van der Waals surface area contributed by atoms with Crippen LogP contribution >= 0.6 is 0 Å². The molecule has 0 radical (unpaired) electrons. The van der Waals surface area contributed by atoms with Gasteiger partial charge < -0.3 is 10.8 Å². The first-order valence-electron chi connectivity index (χ1n) is 4.24. The van der Waals surface area contributed by atoms with Gasteiger partial charge in [-0.25, -0.2) is 0 Å². The van der Waals surface area contributed by atoms with Gasteiger partial charge in [-0.3, -0.25) is 0 Å². The molecule has 1 aromatic carbocycles. The number of nitriles is 1. The molecule has 1 aromatic rings. The number of rotatable bonds is 0. The molecule has 0 aromatic heterocycles. The normalized spacial score (nSPS) is 19.5. The van der Waals surface area contributed by atoms with Crippen molar-refractivity contribution in [2.75, 3.05) is 0 Å². The molecular formula is C10H10N2O. The molecule has 13 heavy (non-hydrogen) atoms. The van der Waals surface area contributed by atoms with Crippen LogP contribution in [0.1, 0.15) is 29.2 Å². The number of benzene rings is 1. The molecule has 2 rings (SSSR count). The quantitative estimate of drug-likeness (QED) is 0.621. The number of aryl methyl sites for hydroxylation is 1. The Morgan fingerprint density at radius 1 is 1.54 bits per heavy atom. The van der Waals surface area contributed by atoms with Crippen molar-refractivity contribution >= 4 is 0 Å². The molecule has 0 aliphatic heterocycles. The van der Waals surface area contributed by atoms with Crippen LogP contribution in [0.5, 0.6) is 5.75 Å². The number of hydrogen-bond donors (Lipinski definition) is 2. The fraction of sp³-hybridized carbons (Fsp3) is 0.300. The zero-order valence-electron chi connectivity index (χ0n) is 7.12. The first-order valence-corrected chi connectivity index (χ1v) is 4.24. The predicted molar refractivity (Wildman–Crippen MR) is 48.1 cm³/mol. The highest BCUT2D eigenvalue weighted by atomic mass is 16.3. The van der Waals surface area contributed by atoms with Crippen molar-refractivity contribution < 1.29 is 5.11 Å². The smallest absolute Gasteiger partial charge is 0.117 e. The molecule has 0 spiro atoms. The predicted octanol–water partition coefficient (Wildman–Crippen LogP) is 1.21. The molecule has 1 aliphatic rings. The fourth-order valence-corrected chi connectivity index (χ4v) is 1.89. The number of fused-ring (bicyclic) bond motifs is 1. The molecule has 0 saturated heterocycles. The third-order valence-electron chi connectivity index (χ3n) is 2.47. The minimum Gasteiger partial charge on any atom is -0.508 e. The van der Waals surface area contributed by atoms with Gasteiger partial charge in [-0.05, 0) is 36.1 Å². The van der Waals surface area contributed by atoms with Crippen LogP contribution in [0.25, 0.3) is 0 Å². The second-order valence-electron chi connectivity index (χ2n) is 3.32. The lowest BCUT2D eigenvalue weighted by Crippen LogP contribution is -2.07. The Hall–Kier alpha value is -1.53. The summed E-state index contributed by atoms with van der Waals surface area (Å²) < 4.78 is 0. The average Bonchev–Trinajstić information content (AvgIpc) is 2.46. The fourth-order valence-electron chi connectivity index (χ4n) is 1.89. The van der Waals surface area contributed by atoms with Gasteiger partial charge in [0.1, 0.15) is 5.75 Å². The standard InChI is InChI=1S/C10H10N2O/c11-5-7-4-8(13)3-6-1-2-9(12)10(6)7/h3-4,9,13H,1-2,12H2/t9-/m0/s1. The molecule has 3 nitrogen and oxygen atoms in total. The summed E-state index contributed by atoms with van der Waals surface area (Å²) in [6, 6.07) is 5.20. The lowest BCUT2D eigenvalue weighted by atomic mass is 10.0. The average molecular weight is 174 g/mol. The van der Waals surface area contributed by atoms with E-state index in [2.05, 4.69) is 6.07 Å². The summed E-state index contributed by atoms with van der Waals surface area (Å²) in [5.74, 6) is 0.157. The summed E-state index contributed by atoms with van der Waals surface area (Å²) in [6.07, 6.45) is 1.73. The minimum absolute atomic E-state index is 0.0368. The third kappa shape index (κ3) is 1.16. The van der Waals surface area contributed by atoms with Gasteiger partial charge in [0.05, 0.1) is 11.6 Å². The second-order valence-corrected chi connectivity index (χ2v) is 3.32. The number of aromatic hydroxyl groups is 1. The summed E-state index contributed by atoms with van der Waals surface area (Å²) in [6.45, 7) is 0. The molecule has 0 amide bonds. The lowest BCUT2D eigenvalue weighted by molar-refractivity contribution is 0.474. The maximum Gasteiger partial charge on any atom is 0.117 e. The van der Waals surface area contributed by atoms with E-state index in [-0.39, 0.29) is 11.8 Å². The van der Waals surface area contributed by atoms with Crippen molar-refractivity contribution in [2.45, 2.75) is 18.9 Å². The van der Waals surface area contributed by atoms with Crippen molar-refractivity contribution in [3.63, 3.8) is 0 Å². The van der Waals surface area contributed by atoms with Gasteiger partial charge in [-0.15, -0.1) is 0 Å². The van der Waals surface area contributed by atoms with E-state index >= 15 is 0 Å². The van der Waals surface area contributed by atoms with E-state index in [1.165, 1.54) is 6.07 Å². The molecule has 0 saturated carbocycles. The van der Waals surface area contributed by atoms with Crippen molar-refractivity contribution in [3.8, 4) is 11.8 Å². The van der Waals surface area contributed by atoms with E-state index in [0.717, 1.165) is 24.0 Å². The van der Waals surface area contributed by atoms with Crippen LogP contribution in [0.2, 0.25) is 0 Å². The van der Waals surface area contributed by atoms with Gasteiger partial charge in [-0.2, -0.15) is 5.26 Å². The van der Waals surface area contributed by atoms with Gasteiger partial charge in [0.2, 0.25) is 0 Å². The van der Waals surface area contributed by atoms with E-state index < -0.39 is 0 Å². The van der Waals surface area contributed by atoms with Crippen molar-refractivity contribution in [1.29, 1.82) is 5.26 Å². The minimum atomic E-state index is -0.0368. The molecule has 3 heteroatoms. The van der Waals surface area contributed by atoms with Crippen LogP contribution in [-0.2, 0) is 6.42 Å². The van der Waals surface area contributed by atoms with Crippen molar-refractivity contribution in [2.24, 2.45) is 5.73 Å². The van der Waals surface area contributed by atoms with E-state index in [0.29, 0.717) is 5.56 Å². The van der Waals surface area contributed by atoms with Crippen LogP contribution in [0, 0.1) is 11.3 Å². The van der Waals surface area contributed by atoms with E-state index in [1.807, 2.05) is 0 Å². The SMILES string of the molecule is N#Cc1cc(O)cc2c1[C@@H](N)CC2. The Balaban J connectivity index is 2.66. The Kier molecular flexibility index (Phi) is 1.71. The van der Waals surface area contributed by atoms with Crippen LogP contribution < -0.4 is 5.73 Å². The Bertz CT molecular complexity index is 393. The summed E-state index contributed by atoms with van der Waals surface area (Å²) in [5, 5.41) is 18.1. The van der Waals surface area contributed by atoms with E-state index in [1.54, 1.807) is 6.07 Å². The number of phenols is 1. The van der Waals surface area contributed by atoms with Gasteiger partial charge in [0, 0.05) is 6.04 Å². The third-order valence-corrected chi connectivity index (χ3v) is 2.47. The zero-order valence-corrected chi connectivity index (χ0v) is 7.12. The van der Waals surface area contributed by atoms with Crippen molar-refractivity contribution in [3.05, 3.63) is 28.8 Å². The highest BCUT2D eigenvalue weighted by Crippen LogP contribution is 2.34. The molecule has 3 N–H and O–H groups in total. The first-order chi connectivity index (χ1) is 6.22. The monoisotopic (exact) mass is 174 g/mol. The lowest BCUT2D eigenvalue weighted by Gasteiger charge is -2.07. The van der Waals surface area contributed by atoms with Crippen molar-refractivity contribution in [1.82, 2.24) is 0 Å². The number of phenolic OH excluding ortho intramolecular Hbond substituents is 1. The van der Waals surface area contributed by atoms with Crippen LogP contribution in [0.4, 0.5) is 0 Å². The number of nitrogens with zero attached hydrogens (tertiary/aromatic N) is 1. The van der Waals surface area contributed by atoms with Crippen LogP contribution in [0.15, 0.2) is 12.1 Å². The first kappa shape index (κ1) is 8.09. The summed E-state index contributed by atoms with van der Waals surface area (Å²) in [4.78, 5) is 0. The molecule has 0 unspecified atom stereocenters. The highest BCUT2D eigenvalue weighted by Gasteiger charge is 2.22. The Morgan fingerprint density at radius 2 is 2.31 bits per heavy atom. The number of hydrogen-bond acceptors (Lipinski definition) is 3. The molecular weight excluding hydrogens is 164 g/mol. The maximum atomic E-state index is 9.30. The van der Waals surface area contributed by atoms with Gasteiger partial charge in [-0.1, -0.05) is 0 Å². The zero-order chi connectivity index (χ0) is 9.42. The van der Waals surface area contributed by atoms with Crippen LogP contribution in [-0.4, -0.2) is 5.11 Å². The topological polar surface area (TPSA) is 70.0 Å². The van der Waals surface area contributed by atoms with Gasteiger partial charge in [0.15, 0.2) is 0 Å². The second kappa shape index (κ2) is 2.75. The Morgan fingerprint density at radius 3 is 3.00 bits per heavy atom. The Labute approximate surface area is 76.4 Å². The van der Waals surface area contributed by atoms with Gasteiger partial charge in [0.25, 0.3) is 0 Å². The molecule has 0 fully saturated rings. The number of nitrogens with two attached hydrogens (primary N) is 1. The van der Waals surface area contributed by atoms with E-state index in [9.17, 15) is 5.11 Å². The van der Waals surface area contributed by atoms with Crippen LogP contribution in [0.3, 0.4) is 0 Å². The van der Waals surface area contributed by atoms with E-state index in [4.69, 9.17) is 11.0 Å². The largest absolute Gasteiger partial charge is 0.508 e. The summed E-state index contributed by atoms with van der Waals surface area (Å²) >= 11 is 0. The molecule has 0 heterocycles. The molecule has 1 atom stereocenters. The highest BCUT2D eigenvalue weighted by molar-refractivity contribution is 5.51. The maximum absolute atomic E-state index is 9.30. The summed E-state index contributed by atoms with van der Waals surface area (Å²) in [7, 11) is 0. The molecule has 66 valence electrons. The molecule has 1 aliphatic carbocycles.